The lowest BCUT2D eigenvalue weighted by atomic mass is 10.1. The first-order valence-electron chi connectivity index (χ1n) is 4.88. The number of aliphatic hydroxyl groups excluding tert-OH is 1. The molecule has 0 radical (unpaired) electrons. The first-order valence-corrected chi connectivity index (χ1v) is 6.49. The van der Waals surface area contributed by atoms with Crippen molar-refractivity contribution in [2.24, 2.45) is 0 Å². The minimum Gasteiger partial charge on any atom is -0.507 e. The lowest BCUT2D eigenvalue weighted by Crippen LogP contribution is -2.12. The van der Waals surface area contributed by atoms with E-state index in [-0.39, 0.29) is 23.7 Å². The summed E-state index contributed by atoms with van der Waals surface area (Å²) in [7, 11) is -4.10. The van der Waals surface area contributed by atoms with E-state index < -0.39 is 28.3 Å². The molecule has 7 nitrogen and oxygen atoms in total. The van der Waals surface area contributed by atoms with E-state index in [2.05, 4.69) is 0 Å². The zero-order valence-corrected chi connectivity index (χ0v) is 10.1. The number of hydrogen-bond donors (Lipinski definition) is 3. The van der Waals surface area contributed by atoms with Gasteiger partial charge in [-0.3, -0.25) is 9.35 Å². The van der Waals surface area contributed by atoms with Crippen molar-refractivity contribution in [3.8, 4) is 11.5 Å². The summed E-state index contributed by atoms with van der Waals surface area (Å²) in [5.74, 6) is -1.45. The summed E-state index contributed by atoms with van der Waals surface area (Å²) in [5.41, 5.74) is -0.0559. The maximum atomic E-state index is 11.1. The van der Waals surface area contributed by atoms with Gasteiger partial charge >= 0.3 is 0 Å². The molecule has 8 heteroatoms. The van der Waals surface area contributed by atoms with Gasteiger partial charge in [0.25, 0.3) is 10.1 Å². The van der Waals surface area contributed by atoms with E-state index in [1.54, 1.807) is 0 Å². The standard InChI is InChI=1S/C10H12O7S/c11-6-10(13)8-2-1-7(5-9(8)12)17-3-4-18(14,15)16/h1-2,5,11-12H,3-4,6H2,(H,14,15,16). The van der Waals surface area contributed by atoms with E-state index in [4.69, 9.17) is 14.4 Å². The molecule has 0 saturated heterocycles. The van der Waals surface area contributed by atoms with Gasteiger partial charge in [0.2, 0.25) is 0 Å². The van der Waals surface area contributed by atoms with Gasteiger partial charge in [-0.1, -0.05) is 0 Å². The monoisotopic (exact) mass is 276 g/mol. The molecule has 0 aliphatic rings. The van der Waals surface area contributed by atoms with Gasteiger partial charge in [-0.25, -0.2) is 0 Å². The second-order valence-corrected chi connectivity index (χ2v) is 4.97. The molecule has 0 unspecified atom stereocenters. The summed E-state index contributed by atoms with van der Waals surface area (Å²) < 4.78 is 34.3. The molecule has 0 aliphatic carbocycles. The Labute approximate surface area is 103 Å². The van der Waals surface area contributed by atoms with Crippen molar-refractivity contribution in [2.45, 2.75) is 0 Å². The van der Waals surface area contributed by atoms with Crippen LogP contribution in [0.5, 0.6) is 11.5 Å². The SMILES string of the molecule is O=C(CO)c1ccc(OCCS(=O)(=O)O)cc1O. The van der Waals surface area contributed by atoms with Crippen LogP contribution in [0.1, 0.15) is 10.4 Å². The predicted molar refractivity (Wildman–Crippen MR) is 61.4 cm³/mol. The van der Waals surface area contributed by atoms with Gasteiger partial charge in [0.15, 0.2) is 5.78 Å². The fourth-order valence-corrected chi connectivity index (χ4v) is 1.48. The van der Waals surface area contributed by atoms with E-state index in [1.165, 1.54) is 12.1 Å². The van der Waals surface area contributed by atoms with E-state index >= 15 is 0 Å². The molecule has 0 aliphatic heterocycles. The number of ether oxygens (including phenoxy) is 1. The Morgan fingerprint density at radius 3 is 2.50 bits per heavy atom. The molecule has 1 aromatic carbocycles. The Kier molecular flexibility index (Phi) is 4.65. The summed E-state index contributed by atoms with van der Waals surface area (Å²) in [5, 5.41) is 18.1. The van der Waals surface area contributed by atoms with Crippen LogP contribution in [0.15, 0.2) is 18.2 Å². The number of benzene rings is 1. The van der Waals surface area contributed by atoms with Crippen molar-refractivity contribution in [1.82, 2.24) is 0 Å². The van der Waals surface area contributed by atoms with Gasteiger partial charge < -0.3 is 14.9 Å². The quantitative estimate of drug-likeness (QED) is 0.487. The molecule has 0 heterocycles. The Morgan fingerprint density at radius 2 is 2.00 bits per heavy atom. The van der Waals surface area contributed by atoms with Gasteiger partial charge in [0, 0.05) is 6.07 Å². The average Bonchev–Trinajstić information content (AvgIpc) is 2.26. The number of aliphatic hydroxyl groups is 1. The first kappa shape index (κ1) is 14.4. The minimum atomic E-state index is -4.10. The molecule has 3 N–H and O–H groups in total. The van der Waals surface area contributed by atoms with Crippen LogP contribution in [0.2, 0.25) is 0 Å². The highest BCUT2D eigenvalue weighted by atomic mass is 32.2. The second-order valence-electron chi connectivity index (χ2n) is 3.39. The maximum absolute atomic E-state index is 11.1. The summed E-state index contributed by atoms with van der Waals surface area (Å²) in [6.07, 6.45) is 0. The van der Waals surface area contributed by atoms with Crippen LogP contribution in [0.4, 0.5) is 0 Å². The Balaban J connectivity index is 2.70. The van der Waals surface area contributed by atoms with E-state index in [1.807, 2.05) is 0 Å². The molecule has 0 spiro atoms. The van der Waals surface area contributed by atoms with Crippen molar-refractivity contribution in [2.75, 3.05) is 19.0 Å². The van der Waals surface area contributed by atoms with E-state index in [0.29, 0.717) is 0 Å². The first-order chi connectivity index (χ1) is 8.33. The lowest BCUT2D eigenvalue weighted by Gasteiger charge is -2.07. The van der Waals surface area contributed by atoms with Crippen LogP contribution in [0.25, 0.3) is 0 Å². The van der Waals surface area contributed by atoms with Crippen LogP contribution in [-0.2, 0) is 10.1 Å². The Bertz CT molecular complexity index is 535. The number of phenolic OH excluding ortho intramolecular Hbond substituents is 1. The predicted octanol–water partition coefficient (Wildman–Crippen LogP) is -0.166. The number of aromatic hydroxyl groups is 1. The van der Waals surface area contributed by atoms with Crippen molar-refractivity contribution in [3.63, 3.8) is 0 Å². The summed E-state index contributed by atoms with van der Waals surface area (Å²) in [6, 6.07) is 3.70. The maximum Gasteiger partial charge on any atom is 0.268 e. The second kappa shape index (κ2) is 5.80. The van der Waals surface area contributed by atoms with Crippen LogP contribution < -0.4 is 4.74 Å². The molecule has 0 fully saturated rings. The topological polar surface area (TPSA) is 121 Å². The lowest BCUT2D eigenvalue weighted by molar-refractivity contribution is 0.0901. The van der Waals surface area contributed by atoms with Crippen molar-refractivity contribution in [3.05, 3.63) is 23.8 Å². The molecule has 0 saturated carbocycles. The molecule has 0 amide bonds. The third-order valence-electron chi connectivity index (χ3n) is 2.02. The van der Waals surface area contributed by atoms with E-state index in [9.17, 15) is 18.3 Å². The van der Waals surface area contributed by atoms with Crippen molar-refractivity contribution < 1.29 is 32.7 Å². The summed E-state index contributed by atoms with van der Waals surface area (Å²) in [4.78, 5) is 11.1. The largest absolute Gasteiger partial charge is 0.507 e. The highest BCUT2D eigenvalue weighted by Gasteiger charge is 2.11. The van der Waals surface area contributed by atoms with Crippen LogP contribution >= 0.6 is 0 Å². The Hall–Kier alpha value is -1.64. The number of carbonyl (C=O) groups excluding carboxylic acids is 1. The molecular weight excluding hydrogens is 264 g/mol. The minimum absolute atomic E-state index is 0.0559. The normalized spacial score (nSPS) is 11.2. The number of rotatable bonds is 6. The number of phenols is 1. The number of Topliss-reactive ketones (excluding diaryl/α,β-unsaturated/α-hetero) is 1. The zero-order valence-electron chi connectivity index (χ0n) is 9.24. The number of carbonyl (C=O) groups is 1. The molecule has 0 aromatic heterocycles. The third kappa shape index (κ3) is 4.32. The fourth-order valence-electron chi connectivity index (χ4n) is 1.19. The van der Waals surface area contributed by atoms with Gasteiger partial charge in [0.1, 0.15) is 30.5 Å². The summed E-state index contributed by atoms with van der Waals surface area (Å²) in [6.45, 7) is -1.01. The molecule has 1 rings (SSSR count). The summed E-state index contributed by atoms with van der Waals surface area (Å²) >= 11 is 0. The molecular formula is C10H12O7S. The molecule has 1 aromatic rings. The zero-order chi connectivity index (χ0) is 13.8. The van der Waals surface area contributed by atoms with Gasteiger partial charge in [-0.15, -0.1) is 0 Å². The van der Waals surface area contributed by atoms with Gasteiger partial charge in [0.05, 0.1) is 5.56 Å². The van der Waals surface area contributed by atoms with Crippen molar-refractivity contribution in [1.29, 1.82) is 0 Å². The number of hydrogen-bond acceptors (Lipinski definition) is 6. The van der Waals surface area contributed by atoms with E-state index in [0.717, 1.165) is 6.07 Å². The molecule has 100 valence electrons. The van der Waals surface area contributed by atoms with Crippen molar-refractivity contribution >= 4 is 15.9 Å². The smallest absolute Gasteiger partial charge is 0.268 e. The van der Waals surface area contributed by atoms with Crippen LogP contribution in [-0.4, -0.2) is 47.9 Å². The fraction of sp³-hybridized carbons (Fsp3) is 0.300. The third-order valence-corrected chi connectivity index (χ3v) is 2.71. The molecule has 0 bridgehead atoms. The van der Waals surface area contributed by atoms with Crippen LogP contribution in [0.3, 0.4) is 0 Å². The molecule has 0 atom stereocenters. The van der Waals surface area contributed by atoms with Gasteiger partial charge in [-0.2, -0.15) is 8.42 Å². The molecule has 18 heavy (non-hydrogen) atoms. The Morgan fingerprint density at radius 1 is 1.33 bits per heavy atom. The highest BCUT2D eigenvalue weighted by molar-refractivity contribution is 7.85. The average molecular weight is 276 g/mol. The van der Waals surface area contributed by atoms with Crippen LogP contribution in [0, 0.1) is 0 Å². The highest BCUT2D eigenvalue weighted by Crippen LogP contribution is 2.23. The number of ketones is 1. The van der Waals surface area contributed by atoms with Gasteiger partial charge in [-0.05, 0) is 12.1 Å².